The zero-order valence-corrected chi connectivity index (χ0v) is 19.6. The van der Waals surface area contributed by atoms with Crippen molar-refractivity contribution >= 4 is 15.9 Å². The molecule has 2 unspecified atom stereocenters. The molecule has 0 spiro atoms. The molecule has 1 aliphatic carbocycles. The number of ether oxygens (including phenoxy) is 2. The van der Waals surface area contributed by atoms with E-state index in [1.54, 1.807) is 11.0 Å². The third-order valence-corrected chi connectivity index (χ3v) is 7.50. The number of fused-ring (bicyclic) bond motifs is 7. The van der Waals surface area contributed by atoms with E-state index in [-0.39, 0.29) is 24.1 Å². The molecule has 0 aromatic heterocycles. The Morgan fingerprint density at radius 1 is 1.09 bits per heavy atom. The number of piperidine rings is 1. The number of amides is 1. The fourth-order valence-corrected chi connectivity index (χ4v) is 6.02. The summed E-state index contributed by atoms with van der Waals surface area (Å²) in [4.78, 5) is 14.7. The van der Waals surface area contributed by atoms with Crippen LogP contribution in [0.1, 0.15) is 56.4 Å². The van der Waals surface area contributed by atoms with E-state index in [2.05, 4.69) is 16.9 Å². The number of benzene rings is 1. The predicted molar refractivity (Wildman–Crippen MR) is 123 cm³/mol. The first-order chi connectivity index (χ1) is 15.4. The van der Waals surface area contributed by atoms with Crippen LogP contribution in [0, 0.1) is 0 Å². The van der Waals surface area contributed by atoms with Crippen molar-refractivity contribution in [3.8, 4) is 5.75 Å². The molecule has 7 nitrogen and oxygen atoms in total. The molecule has 3 aliphatic heterocycles. The first-order valence-corrected chi connectivity index (χ1v) is 13.6. The van der Waals surface area contributed by atoms with Gasteiger partial charge in [0.2, 0.25) is 15.9 Å². The van der Waals surface area contributed by atoms with Crippen LogP contribution in [-0.4, -0.2) is 63.4 Å². The van der Waals surface area contributed by atoms with Gasteiger partial charge in [-0.15, -0.1) is 0 Å². The van der Waals surface area contributed by atoms with E-state index in [1.807, 2.05) is 18.2 Å². The molecule has 2 fully saturated rings. The second-order valence-electron chi connectivity index (χ2n) is 9.12. The molecule has 0 radical (unpaired) electrons. The number of hydrogen-bond acceptors (Lipinski definition) is 5. The van der Waals surface area contributed by atoms with Crippen LogP contribution in [0.3, 0.4) is 0 Å². The molecule has 1 N–H and O–H groups in total. The summed E-state index contributed by atoms with van der Waals surface area (Å²) in [5.74, 6) is 1.30. The molecule has 1 aromatic rings. The molecule has 2 atom stereocenters. The third kappa shape index (κ3) is 5.91. The van der Waals surface area contributed by atoms with Gasteiger partial charge in [-0.25, -0.2) is 13.1 Å². The largest absolute Gasteiger partial charge is 0.493 e. The molecule has 2 bridgehead atoms. The minimum atomic E-state index is -3.38. The van der Waals surface area contributed by atoms with Crippen LogP contribution in [0.25, 0.3) is 0 Å². The van der Waals surface area contributed by atoms with Crippen molar-refractivity contribution in [2.75, 3.05) is 26.0 Å². The molecule has 1 saturated carbocycles. The Morgan fingerprint density at radius 3 is 2.66 bits per heavy atom. The quantitative estimate of drug-likeness (QED) is 0.730. The van der Waals surface area contributed by atoms with Crippen molar-refractivity contribution < 1.29 is 22.7 Å². The van der Waals surface area contributed by atoms with Crippen molar-refractivity contribution in [1.29, 1.82) is 0 Å². The van der Waals surface area contributed by atoms with Crippen molar-refractivity contribution in [3.63, 3.8) is 0 Å². The fourth-order valence-electron chi connectivity index (χ4n) is 5.19. The summed E-state index contributed by atoms with van der Waals surface area (Å²) in [6, 6.07) is 7.62. The van der Waals surface area contributed by atoms with Crippen LogP contribution in [-0.2, 0) is 19.6 Å². The van der Waals surface area contributed by atoms with Crippen LogP contribution < -0.4 is 9.46 Å². The summed E-state index contributed by atoms with van der Waals surface area (Å²) in [6.45, 7) is 1.47. The summed E-state index contributed by atoms with van der Waals surface area (Å²) < 4.78 is 39.0. The van der Waals surface area contributed by atoms with Crippen molar-refractivity contribution in [2.24, 2.45) is 0 Å². The van der Waals surface area contributed by atoms with Gasteiger partial charge in [0.1, 0.15) is 5.75 Å². The fraction of sp³-hybridized carbons (Fsp3) is 0.625. The van der Waals surface area contributed by atoms with Gasteiger partial charge in [0, 0.05) is 12.6 Å². The number of carbonyl (C=O) groups excluding carboxylic acids is 1. The standard InChI is InChI=1S/C24H34N2O5S/c1-32(28,29)25-21-8-6-15-26-22(21)17-31-19-13-11-18(12-14-19)20-7-2-3-9-23(20)30-16-5-4-10-24(26)27/h2-4,7,9-10,18-19,21-22,25H,5-6,8,11-17H2,1H3/b10-4-. The maximum Gasteiger partial charge on any atom is 0.246 e. The molecule has 1 aromatic carbocycles. The van der Waals surface area contributed by atoms with Gasteiger partial charge in [0.15, 0.2) is 0 Å². The number of sulfonamides is 1. The lowest BCUT2D eigenvalue weighted by atomic mass is 9.82. The van der Waals surface area contributed by atoms with Crippen LogP contribution >= 0.6 is 0 Å². The van der Waals surface area contributed by atoms with E-state index in [4.69, 9.17) is 9.47 Å². The third-order valence-electron chi connectivity index (χ3n) is 6.77. The number of nitrogens with zero attached hydrogens (tertiary/aromatic N) is 1. The topological polar surface area (TPSA) is 84.9 Å². The average molecular weight is 463 g/mol. The van der Waals surface area contributed by atoms with E-state index < -0.39 is 10.0 Å². The van der Waals surface area contributed by atoms with Crippen molar-refractivity contribution in [3.05, 3.63) is 42.0 Å². The van der Waals surface area contributed by atoms with E-state index in [0.717, 1.165) is 37.9 Å². The highest BCUT2D eigenvalue weighted by Gasteiger charge is 2.36. The number of hydrogen-bond donors (Lipinski definition) is 1. The number of para-hydroxylation sites is 1. The van der Waals surface area contributed by atoms with Crippen LogP contribution in [0.15, 0.2) is 36.4 Å². The number of rotatable bonds is 2. The zero-order chi connectivity index (χ0) is 22.6. The van der Waals surface area contributed by atoms with Crippen LogP contribution in [0.2, 0.25) is 0 Å². The molecule has 8 heteroatoms. The highest BCUT2D eigenvalue weighted by molar-refractivity contribution is 7.88. The van der Waals surface area contributed by atoms with Crippen molar-refractivity contribution in [2.45, 2.75) is 69.1 Å². The molecule has 1 amide bonds. The summed E-state index contributed by atoms with van der Waals surface area (Å²) in [6.07, 6.45) is 10.8. The molecule has 32 heavy (non-hydrogen) atoms. The Labute approximate surface area is 191 Å². The molecular weight excluding hydrogens is 428 g/mol. The Morgan fingerprint density at radius 2 is 1.88 bits per heavy atom. The predicted octanol–water partition coefficient (Wildman–Crippen LogP) is 2.98. The second-order valence-corrected chi connectivity index (χ2v) is 10.9. The lowest BCUT2D eigenvalue weighted by Gasteiger charge is -2.41. The smallest absolute Gasteiger partial charge is 0.246 e. The van der Waals surface area contributed by atoms with Crippen LogP contribution in [0.5, 0.6) is 5.75 Å². The minimum Gasteiger partial charge on any atom is -0.493 e. The van der Waals surface area contributed by atoms with Gasteiger partial charge >= 0.3 is 0 Å². The Hall–Kier alpha value is -1.90. The zero-order valence-electron chi connectivity index (χ0n) is 18.7. The Balaban J connectivity index is 1.55. The first-order valence-electron chi connectivity index (χ1n) is 11.7. The SMILES string of the molecule is CS(=O)(=O)NC1CCCN2C(=O)/C=C\CCOc3ccccc3C3CCC(CC3)OCC12. The maximum atomic E-state index is 13.0. The Kier molecular flexibility index (Phi) is 7.53. The van der Waals surface area contributed by atoms with Gasteiger partial charge in [0.25, 0.3) is 0 Å². The van der Waals surface area contributed by atoms with E-state index in [9.17, 15) is 13.2 Å². The van der Waals surface area contributed by atoms with E-state index >= 15 is 0 Å². The molecular formula is C24H34N2O5S. The molecule has 5 rings (SSSR count). The van der Waals surface area contributed by atoms with E-state index in [1.165, 1.54) is 11.8 Å². The van der Waals surface area contributed by atoms with Gasteiger partial charge in [-0.1, -0.05) is 24.3 Å². The average Bonchev–Trinajstić information content (AvgIpc) is 2.77. The van der Waals surface area contributed by atoms with E-state index in [0.29, 0.717) is 38.5 Å². The Bertz CT molecular complexity index is 924. The minimum absolute atomic E-state index is 0.102. The molecule has 1 saturated heterocycles. The van der Waals surface area contributed by atoms with Crippen molar-refractivity contribution in [1.82, 2.24) is 9.62 Å². The highest BCUT2D eigenvalue weighted by atomic mass is 32.2. The van der Waals surface area contributed by atoms with Gasteiger partial charge in [0.05, 0.1) is 31.6 Å². The maximum absolute atomic E-state index is 13.0. The lowest BCUT2D eigenvalue weighted by molar-refractivity contribution is -0.133. The molecule has 3 heterocycles. The summed E-state index contributed by atoms with van der Waals surface area (Å²) in [5.41, 5.74) is 1.26. The number of nitrogens with one attached hydrogen (secondary N) is 1. The molecule has 4 aliphatic rings. The van der Waals surface area contributed by atoms with Gasteiger partial charge in [-0.2, -0.15) is 0 Å². The number of carbonyl (C=O) groups is 1. The lowest BCUT2D eigenvalue weighted by Crippen LogP contribution is -2.58. The van der Waals surface area contributed by atoms with Gasteiger partial charge in [-0.05, 0) is 68.6 Å². The summed E-state index contributed by atoms with van der Waals surface area (Å²) in [5, 5.41) is 0. The van der Waals surface area contributed by atoms with Gasteiger partial charge < -0.3 is 14.4 Å². The van der Waals surface area contributed by atoms with Crippen LogP contribution in [0.4, 0.5) is 0 Å². The summed E-state index contributed by atoms with van der Waals surface area (Å²) in [7, 11) is -3.38. The highest BCUT2D eigenvalue weighted by Crippen LogP contribution is 2.38. The normalized spacial score (nSPS) is 30.8. The summed E-state index contributed by atoms with van der Waals surface area (Å²) >= 11 is 0. The van der Waals surface area contributed by atoms with Gasteiger partial charge in [-0.3, -0.25) is 4.79 Å². The molecule has 176 valence electrons. The monoisotopic (exact) mass is 462 g/mol. The first kappa shape index (κ1) is 23.3. The second kappa shape index (κ2) is 10.4.